The lowest BCUT2D eigenvalue weighted by atomic mass is 10.1. The first-order chi connectivity index (χ1) is 7.67. The molecule has 0 saturated heterocycles. The summed E-state index contributed by atoms with van der Waals surface area (Å²) in [6, 6.07) is 0.345. The monoisotopic (exact) mass is 225 g/mol. The minimum absolute atomic E-state index is 0.182. The number of aromatic nitrogens is 2. The van der Waals surface area contributed by atoms with Crippen LogP contribution in [-0.4, -0.2) is 27.5 Å². The summed E-state index contributed by atoms with van der Waals surface area (Å²) in [5.41, 5.74) is 1.22. The molecule has 0 radical (unpaired) electrons. The third-order valence-corrected chi connectivity index (χ3v) is 2.88. The van der Waals surface area contributed by atoms with E-state index in [1.165, 1.54) is 5.56 Å². The van der Waals surface area contributed by atoms with Gasteiger partial charge in [0.2, 0.25) is 0 Å². The third kappa shape index (κ3) is 3.94. The van der Waals surface area contributed by atoms with E-state index in [9.17, 15) is 5.11 Å². The minimum atomic E-state index is -0.182. The number of nitrogens with zero attached hydrogens (tertiary/aromatic N) is 2. The van der Waals surface area contributed by atoms with Crippen LogP contribution in [-0.2, 0) is 7.05 Å². The fourth-order valence-corrected chi connectivity index (χ4v) is 1.75. The average Bonchev–Trinajstić information content (AvgIpc) is 2.70. The van der Waals surface area contributed by atoms with Crippen LogP contribution in [0.5, 0.6) is 0 Å². The van der Waals surface area contributed by atoms with Crippen LogP contribution in [0.2, 0.25) is 0 Å². The molecule has 4 heteroatoms. The van der Waals surface area contributed by atoms with Gasteiger partial charge in [0.15, 0.2) is 0 Å². The molecular weight excluding hydrogens is 202 g/mol. The van der Waals surface area contributed by atoms with Gasteiger partial charge < -0.3 is 10.4 Å². The number of nitrogens with one attached hydrogen (secondary N) is 1. The summed E-state index contributed by atoms with van der Waals surface area (Å²) < 4.78 is 1.82. The first-order valence-corrected chi connectivity index (χ1v) is 6.07. The Balaban J connectivity index is 2.38. The van der Waals surface area contributed by atoms with Gasteiger partial charge in [-0.15, -0.1) is 0 Å². The molecule has 0 bridgehead atoms. The Kier molecular flexibility index (Phi) is 5.49. The lowest BCUT2D eigenvalue weighted by Gasteiger charge is -2.16. The van der Waals surface area contributed by atoms with Crippen molar-refractivity contribution in [2.45, 2.75) is 45.3 Å². The molecule has 16 heavy (non-hydrogen) atoms. The number of hydrogen-bond donors (Lipinski definition) is 2. The second-order valence-electron chi connectivity index (χ2n) is 4.21. The molecule has 2 atom stereocenters. The molecule has 0 spiro atoms. The molecule has 92 valence electrons. The van der Waals surface area contributed by atoms with Gasteiger partial charge in [-0.1, -0.05) is 13.8 Å². The summed E-state index contributed by atoms with van der Waals surface area (Å²) in [5, 5.41) is 17.1. The van der Waals surface area contributed by atoms with E-state index in [-0.39, 0.29) is 6.10 Å². The predicted molar refractivity (Wildman–Crippen MR) is 65.2 cm³/mol. The van der Waals surface area contributed by atoms with Crippen molar-refractivity contribution in [1.29, 1.82) is 0 Å². The zero-order valence-electron chi connectivity index (χ0n) is 10.5. The molecule has 1 heterocycles. The second-order valence-corrected chi connectivity index (χ2v) is 4.21. The number of aryl methyl sites for hydroxylation is 1. The van der Waals surface area contributed by atoms with E-state index in [0.29, 0.717) is 6.04 Å². The van der Waals surface area contributed by atoms with Crippen molar-refractivity contribution >= 4 is 0 Å². The fraction of sp³-hybridized carbons (Fsp3) is 0.750. The van der Waals surface area contributed by atoms with Crippen molar-refractivity contribution in [3.05, 3.63) is 18.0 Å². The first-order valence-electron chi connectivity index (χ1n) is 6.07. The zero-order valence-corrected chi connectivity index (χ0v) is 10.5. The van der Waals surface area contributed by atoms with Crippen LogP contribution in [0.25, 0.3) is 0 Å². The lowest BCUT2D eigenvalue weighted by Crippen LogP contribution is -2.24. The molecule has 0 amide bonds. The standard InChI is InChI=1S/C12H23N3O/c1-4-11(16)6-7-13-12(5-2)10-8-14-15(3)9-10/h8-9,11-13,16H,4-7H2,1-3H3. The van der Waals surface area contributed by atoms with E-state index in [2.05, 4.69) is 17.3 Å². The molecule has 1 aromatic rings. The molecule has 4 nitrogen and oxygen atoms in total. The Bertz CT molecular complexity index is 298. The second kappa shape index (κ2) is 6.66. The number of rotatable bonds is 7. The maximum absolute atomic E-state index is 9.46. The van der Waals surface area contributed by atoms with Crippen molar-refractivity contribution in [1.82, 2.24) is 15.1 Å². The molecule has 0 fully saturated rings. The molecule has 0 saturated carbocycles. The van der Waals surface area contributed by atoms with Crippen LogP contribution in [0.15, 0.2) is 12.4 Å². The highest BCUT2D eigenvalue weighted by Crippen LogP contribution is 2.15. The van der Waals surface area contributed by atoms with Crippen LogP contribution in [0.4, 0.5) is 0 Å². The summed E-state index contributed by atoms with van der Waals surface area (Å²) in [7, 11) is 1.93. The maximum Gasteiger partial charge on any atom is 0.0549 e. The minimum Gasteiger partial charge on any atom is -0.393 e. The molecule has 1 rings (SSSR count). The SMILES string of the molecule is CCC(O)CCNC(CC)c1cnn(C)c1. The Labute approximate surface area is 97.7 Å². The first kappa shape index (κ1) is 13.2. The van der Waals surface area contributed by atoms with Gasteiger partial charge in [-0.3, -0.25) is 4.68 Å². The Hall–Kier alpha value is -0.870. The summed E-state index contributed by atoms with van der Waals surface area (Å²) in [6.45, 7) is 5.01. The van der Waals surface area contributed by atoms with Crippen molar-refractivity contribution in [2.75, 3.05) is 6.54 Å². The van der Waals surface area contributed by atoms with Gasteiger partial charge in [0.05, 0.1) is 12.3 Å². The highest BCUT2D eigenvalue weighted by Gasteiger charge is 2.10. The fourth-order valence-electron chi connectivity index (χ4n) is 1.75. The quantitative estimate of drug-likeness (QED) is 0.741. The molecule has 0 aliphatic rings. The van der Waals surface area contributed by atoms with Gasteiger partial charge >= 0.3 is 0 Å². The van der Waals surface area contributed by atoms with Gasteiger partial charge in [0.25, 0.3) is 0 Å². The Morgan fingerprint density at radius 1 is 1.44 bits per heavy atom. The van der Waals surface area contributed by atoms with Gasteiger partial charge in [-0.25, -0.2) is 0 Å². The molecular formula is C12H23N3O. The summed E-state index contributed by atoms with van der Waals surface area (Å²) in [6.07, 6.45) is 6.43. The summed E-state index contributed by atoms with van der Waals surface area (Å²) in [5.74, 6) is 0. The van der Waals surface area contributed by atoms with Crippen molar-refractivity contribution in [3.63, 3.8) is 0 Å². The molecule has 0 aromatic carbocycles. The number of aliphatic hydroxyl groups excluding tert-OH is 1. The normalized spacial score (nSPS) is 15.0. The largest absolute Gasteiger partial charge is 0.393 e. The third-order valence-electron chi connectivity index (χ3n) is 2.88. The van der Waals surface area contributed by atoms with E-state index >= 15 is 0 Å². The summed E-state index contributed by atoms with van der Waals surface area (Å²) in [4.78, 5) is 0. The van der Waals surface area contributed by atoms with E-state index in [0.717, 1.165) is 25.8 Å². The Morgan fingerprint density at radius 2 is 2.19 bits per heavy atom. The summed E-state index contributed by atoms with van der Waals surface area (Å²) >= 11 is 0. The van der Waals surface area contributed by atoms with Crippen molar-refractivity contribution in [3.8, 4) is 0 Å². The van der Waals surface area contributed by atoms with Gasteiger partial charge in [-0.2, -0.15) is 5.10 Å². The van der Waals surface area contributed by atoms with Gasteiger partial charge in [-0.05, 0) is 25.8 Å². The predicted octanol–water partition coefficient (Wildman–Crippen LogP) is 1.62. The molecule has 1 aromatic heterocycles. The maximum atomic E-state index is 9.46. The van der Waals surface area contributed by atoms with Crippen LogP contribution >= 0.6 is 0 Å². The van der Waals surface area contributed by atoms with Crippen molar-refractivity contribution in [2.24, 2.45) is 7.05 Å². The van der Waals surface area contributed by atoms with E-state index in [4.69, 9.17) is 0 Å². The van der Waals surface area contributed by atoms with Gasteiger partial charge in [0.1, 0.15) is 0 Å². The topological polar surface area (TPSA) is 50.1 Å². The lowest BCUT2D eigenvalue weighted by molar-refractivity contribution is 0.158. The van der Waals surface area contributed by atoms with Crippen LogP contribution in [0.3, 0.4) is 0 Å². The molecule has 0 aliphatic carbocycles. The van der Waals surface area contributed by atoms with Crippen molar-refractivity contribution < 1.29 is 5.11 Å². The van der Waals surface area contributed by atoms with Crippen LogP contribution in [0, 0.1) is 0 Å². The van der Waals surface area contributed by atoms with Crippen LogP contribution < -0.4 is 5.32 Å². The molecule has 2 N–H and O–H groups in total. The van der Waals surface area contributed by atoms with E-state index < -0.39 is 0 Å². The molecule has 0 aliphatic heterocycles. The van der Waals surface area contributed by atoms with E-state index in [1.54, 1.807) is 0 Å². The highest BCUT2D eigenvalue weighted by atomic mass is 16.3. The van der Waals surface area contributed by atoms with Gasteiger partial charge in [0, 0.05) is 24.8 Å². The highest BCUT2D eigenvalue weighted by molar-refractivity contribution is 5.09. The smallest absolute Gasteiger partial charge is 0.0549 e. The van der Waals surface area contributed by atoms with E-state index in [1.807, 2.05) is 31.0 Å². The average molecular weight is 225 g/mol. The number of hydrogen-bond acceptors (Lipinski definition) is 3. The Morgan fingerprint density at radius 3 is 2.69 bits per heavy atom. The zero-order chi connectivity index (χ0) is 12.0. The number of aliphatic hydroxyl groups is 1. The molecule has 2 unspecified atom stereocenters. The van der Waals surface area contributed by atoms with Crippen LogP contribution in [0.1, 0.15) is 44.7 Å².